The zero-order valence-corrected chi connectivity index (χ0v) is 22.8. The fourth-order valence-electron chi connectivity index (χ4n) is 0. The summed E-state index contributed by atoms with van der Waals surface area (Å²) in [6.07, 6.45) is 0. The minimum Gasteiger partial charge on any atom is 0 e. The van der Waals surface area contributed by atoms with Crippen molar-refractivity contribution in [3.05, 3.63) is 0 Å². The van der Waals surface area contributed by atoms with E-state index in [0.29, 0.717) is 0 Å². The third kappa shape index (κ3) is 126. The van der Waals surface area contributed by atoms with Crippen LogP contribution in [0.2, 0.25) is 29.6 Å². The van der Waals surface area contributed by atoms with Crippen LogP contribution in [0.4, 0.5) is 0 Å². The van der Waals surface area contributed by atoms with Gasteiger partial charge in [-0.05, 0) is 0 Å². The van der Waals surface area contributed by atoms with Crippen LogP contribution in [-0.4, -0.2) is 111 Å². The van der Waals surface area contributed by atoms with Gasteiger partial charge in [0, 0.05) is 47.8 Å². The molecule has 0 rings (SSSR count). The molecule has 0 aromatic heterocycles. The molecule has 0 unspecified atom stereocenters. The predicted molar refractivity (Wildman–Crippen MR) is 64.0 cm³/mol. The molecule has 0 saturated carbocycles. The summed E-state index contributed by atoms with van der Waals surface area (Å²) in [5.74, 6) is 0. The maximum absolute atomic E-state index is 2.30. The van der Waals surface area contributed by atoms with Crippen molar-refractivity contribution in [2.24, 2.45) is 0 Å². The molecule has 0 spiro atoms. The molecule has 0 bridgehead atoms. The molecule has 0 N–H and O–H groups in total. The SMILES string of the molecule is [CH3][Sn][CH3].[CH3][Sn][CH3].[CH3][Sn][CH3].[Sn].[Sn]. The average molecular weight is 684 g/mol. The van der Waals surface area contributed by atoms with Gasteiger partial charge >= 0.3 is 93.1 Å². The second-order valence-corrected chi connectivity index (χ2v) is 10.1. The van der Waals surface area contributed by atoms with E-state index in [1.807, 2.05) is 0 Å². The topological polar surface area (TPSA) is 0 Å². The Morgan fingerprint density at radius 3 is 0.455 bits per heavy atom. The molecule has 0 aliphatic heterocycles. The third-order valence-electron chi connectivity index (χ3n) is 0. The summed E-state index contributed by atoms with van der Waals surface area (Å²) < 4.78 is 0. The maximum atomic E-state index is 2.30. The standard InChI is InChI=1S/6CH3.5Sn/h6*1H3;;;;;. The van der Waals surface area contributed by atoms with Crippen molar-refractivity contribution < 1.29 is 0 Å². The first-order chi connectivity index (χ1) is 4.24. The van der Waals surface area contributed by atoms with E-state index in [-0.39, 0.29) is 111 Å². The number of rotatable bonds is 0. The predicted octanol–water partition coefficient (Wildman–Crippen LogP) is 1.60. The van der Waals surface area contributed by atoms with Gasteiger partial charge in [-0.15, -0.1) is 0 Å². The fraction of sp³-hybridized carbons (Fsp3) is 1.00. The molecule has 0 aliphatic rings. The molecular formula is C6H18Sn5. The Balaban J connectivity index is -0.0000000150. The fourth-order valence-corrected chi connectivity index (χ4v) is 0. The smallest absolute Gasteiger partial charge is 0 e. The normalized spacial score (nSPS) is 4.91. The van der Waals surface area contributed by atoms with Gasteiger partial charge in [0.05, 0.1) is 0 Å². The third-order valence-corrected chi connectivity index (χ3v) is 0. The van der Waals surface area contributed by atoms with Crippen LogP contribution in [0.25, 0.3) is 0 Å². The van der Waals surface area contributed by atoms with Gasteiger partial charge in [0.1, 0.15) is 0 Å². The van der Waals surface area contributed by atoms with Crippen LogP contribution in [0.1, 0.15) is 0 Å². The van der Waals surface area contributed by atoms with Crippen LogP contribution in [0.5, 0.6) is 0 Å². The summed E-state index contributed by atoms with van der Waals surface area (Å²) in [6, 6.07) is 0. The van der Waals surface area contributed by atoms with E-state index < -0.39 is 0 Å². The van der Waals surface area contributed by atoms with Gasteiger partial charge < -0.3 is 0 Å². The van der Waals surface area contributed by atoms with Gasteiger partial charge in [-0.2, -0.15) is 0 Å². The monoisotopic (exact) mass is 690 g/mol. The first kappa shape index (κ1) is 29.4. The summed E-state index contributed by atoms with van der Waals surface area (Å²) in [4.78, 5) is 13.8. The molecule has 14 radical (unpaired) electrons. The van der Waals surface area contributed by atoms with Crippen molar-refractivity contribution in [3.63, 3.8) is 0 Å². The van der Waals surface area contributed by atoms with Crippen molar-refractivity contribution in [1.82, 2.24) is 0 Å². The van der Waals surface area contributed by atoms with Crippen LogP contribution in [0.15, 0.2) is 0 Å². The van der Waals surface area contributed by atoms with Gasteiger partial charge in [-0.1, -0.05) is 0 Å². The Kier molecular flexibility index (Phi) is 129. The van der Waals surface area contributed by atoms with Crippen LogP contribution in [-0.2, 0) is 0 Å². The van der Waals surface area contributed by atoms with E-state index in [4.69, 9.17) is 0 Å². The van der Waals surface area contributed by atoms with Crippen molar-refractivity contribution >= 4 is 111 Å². The summed E-state index contributed by atoms with van der Waals surface area (Å²) in [6.45, 7) is 0. The Morgan fingerprint density at radius 2 is 0.455 bits per heavy atom. The molecule has 5 heteroatoms. The summed E-state index contributed by atoms with van der Waals surface area (Å²) >= 11 is 0.690. The Labute approximate surface area is 138 Å². The zero-order chi connectivity index (χ0) is 8.12. The molecule has 0 fully saturated rings. The van der Waals surface area contributed by atoms with E-state index in [1.165, 1.54) is 0 Å². The van der Waals surface area contributed by atoms with E-state index >= 15 is 0 Å². The van der Waals surface area contributed by atoms with Gasteiger partial charge in [-0.3, -0.25) is 0 Å². The molecule has 0 aliphatic carbocycles. The quantitative estimate of drug-likeness (QED) is 0.341. The second-order valence-electron chi connectivity index (χ2n) is 1.50. The first-order valence-corrected chi connectivity index (χ1v) is 20.1. The molecular weight excluding hydrogens is 666 g/mol. The molecule has 0 saturated heterocycles. The van der Waals surface area contributed by atoms with Gasteiger partial charge in [-0.25, -0.2) is 0 Å². The van der Waals surface area contributed by atoms with E-state index in [1.54, 1.807) is 0 Å². The molecule has 0 heterocycles. The second kappa shape index (κ2) is 48.3. The van der Waals surface area contributed by atoms with Gasteiger partial charge in [0.2, 0.25) is 0 Å². The number of hydrogen-bond donors (Lipinski definition) is 0. The van der Waals surface area contributed by atoms with Crippen molar-refractivity contribution in [2.75, 3.05) is 0 Å². The largest absolute Gasteiger partial charge is 0 e. The van der Waals surface area contributed by atoms with Crippen LogP contribution in [0, 0.1) is 0 Å². The van der Waals surface area contributed by atoms with Crippen molar-refractivity contribution in [2.45, 2.75) is 29.6 Å². The van der Waals surface area contributed by atoms with E-state index in [0.717, 1.165) is 0 Å². The minimum atomic E-state index is 0. The Morgan fingerprint density at radius 1 is 0.455 bits per heavy atom. The van der Waals surface area contributed by atoms with Crippen LogP contribution < -0.4 is 0 Å². The molecule has 62 valence electrons. The van der Waals surface area contributed by atoms with E-state index in [2.05, 4.69) is 29.6 Å². The minimum absolute atomic E-state index is 0. The molecule has 0 aromatic carbocycles. The van der Waals surface area contributed by atoms with Crippen molar-refractivity contribution in [1.29, 1.82) is 0 Å². The molecule has 0 nitrogen and oxygen atoms in total. The zero-order valence-electron chi connectivity index (χ0n) is 8.50. The Bertz CT molecular complexity index is 15.7. The summed E-state index contributed by atoms with van der Waals surface area (Å²) in [5.41, 5.74) is 0. The van der Waals surface area contributed by atoms with Crippen molar-refractivity contribution in [3.8, 4) is 0 Å². The average Bonchev–Trinajstić information content (AvgIpc) is 1.70. The van der Waals surface area contributed by atoms with Crippen LogP contribution >= 0.6 is 0 Å². The maximum Gasteiger partial charge on any atom is 0 e. The van der Waals surface area contributed by atoms with E-state index in [9.17, 15) is 0 Å². The molecule has 0 aromatic rings. The molecule has 0 amide bonds. The van der Waals surface area contributed by atoms with Gasteiger partial charge in [0.25, 0.3) is 0 Å². The summed E-state index contributed by atoms with van der Waals surface area (Å²) in [7, 11) is 0. The summed E-state index contributed by atoms with van der Waals surface area (Å²) in [5, 5.41) is 0. The van der Waals surface area contributed by atoms with Crippen LogP contribution in [0.3, 0.4) is 0 Å². The number of hydrogen-bond acceptors (Lipinski definition) is 0. The van der Waals surface area contributed by atoms with Gasteiger partial charge in [0.15, 0.2) is 0 Å². The Hall–Kier alpha value is 3.99. The molecule has 11 heavy (non-hydrogen) atoms. The molecule has 0 atom stereocenters. The first-order valence-electron chi connectivity index (χ1n) is 3.00.